The second-order valence-electron chi connectivity index (χ2n) is 15.4. The van der Waals surface area contributed by atoms with E-state index in [0.29, 0.717) is 19.6 Å². The summed E-state index contributed by atoms with van der Waals surface area (Å²) in [5, 5.41) is 13.3. The zero-order chi connectivity index (χ0) is 36.1. The van der Waals surface area contributed by atoms with E-state index in [1.807, 2.05) is 42.5 Å². The van der Waals surface area contributed by atoms with Crippen LogP contribution in [0.3, 0.4) is 0 Å². The van der Waals surface area contributed by atoms with E-state index >= 15 is 0 Å². The first kappa shape index (κ1) is 40.5. The fourth-order valence-electron chi connectivity index (χ4n) is 5.73. The molecule has 0 unspecified atom stereocenters. The summed E-state index contributed by atoms with van der Waals surface area (Å²) in [5.74, 6) is 7.02. The van der Waals surface area contributed by atoms with Crippen molar-refractivity contribution in [3.05, 3.63) is 103 Å². The number of benzene rings is 3. The summed E-state index contributed by atoms with van der Waals surface area (Å²) in [5.41, 5.74) is 1.05. The minimum atomic E-state index is -2.88. The highest BCUT2D eigenvalue weighted by Crippen LogP contribution is 2.38. The minimum Gasteiger partial charge on any atom is -0.497 e. The minimum absolute atomic E-state index is 0.191. The first-order chi connectivity index (χ1) is 23.1. The van der Waals surface area contributed by atoms with Crippen molar-refractivity contribution in [2.24, 2.45) is 0 Å². The lowest BCUT2D eigenvalue weighted by atomic mass is 10.1. The van der Waals surface area contributed by atoms with Crippen molar-refractivity contribution >= 4 is 27.0 Å². The van der Waals surface area contributed by atoms with Crippen molar-refractivity contribution in [1.82, 2.24) is 0 Å². The normalized spacial score (nSPS) is 14.6. The number of aliphatic hydroxyl groups excluding tert-OH is 1. The smallest absolute Gasteiger partial charge is 0.261 e. The average Bonchev–Trinajstić information content (AvgIpc) is 3.05. The molecule has 0 fully saturated rings. The molecule has 0 bridgehead atoms. The summed E-state index contributed by atoms with van der Waals surface area (Å²) in [4.78, 5) is 0. The molecule has 49 heavy (non-hydrogen) atoms. The molecule has 5 nitrogen and oxygen atoms in total. The van der Waals surface area contributed by atoms with Crippen molar-refractivity contribution in [2.75, 3.05) is 13.7 Å². The van der Waals surface area contributed by atoms with Gasteiger partial charge in [-0.1, -0.05) is 126 Å². The monoisotopic (exact) mass is 700 g/mol. The fourth-order valence-corrected chi connectivity index (χ4v) is 11.8. The number of methoxy groups -OCH3 is 1. The molecule has 0 saturated heterocycles. The second kappa shape index (κ2) is 18.3. The number of hydrogen-bond acceptors (Lipinski definition) is 5. The van der Waals surface area contributed by atoms with Gasteiger partial charge in [-0.15, -0.1) is 5.92 Å². The fraction of sp³-hybridized carbons (Fsp3) is 0.476. The van der Waals surface area contributed by atoms with Crippen LogP contribution < -0.4 is 15.1 Å². The van der Waals surface area contributed by atoms with Crippen LogP contribution in [0.1, 0.15) is 73.3 Å². The Labute approximate surface area is 299 Å². The van der Waals surface area contributed by atoms with Gasteiger partial charge in [0.1, 0.15) is 11.9 Å². The molecule has 0 aliphatic rings. The predicted molar refractivity (Wildman–Crippen MR) is 210 cm³/mol. The van der Waals surface area contributed by atoms with Crippen LogP contribution in [0.25, 0.3) is 0 Å². The summed E-state index contributed by atoms with van der Waals surface area (Å²) in [6.45, 7) is 21.1. The van der Waals surface area contributed by atoms with Gasteiger partial charge in [0.25, 0.3) is 8.32 Å². The lowest BCUT2D eigenvalue weighted by Crippen LogP contribution is -2.67. The molecule has 3 aromatic carbocycles. The summed E-state index contributed by atoms with van der Waals surface area (Å²) < 4.78 is 25.5. The summed E-state index contributed by atoms with van der Waals surface area (Å²) in [7, 11) is -3.01. The van der Waals surface area contributed by atoms with Gasteiger partial charge in [-0.05, 0) is 77.1 Å². The zero-order valence-corrected chi connectivity index (χ0v) is 33.6. The Hall–Kier alpha value is -2.97. The van der Waals surface area contributed by atoms with Crippen molar-refractivity contribution in [3.63, 3.8) is 0 Å². The highest BCUT2D eigenvalue weighted by Gasteiger charge is 2.51. The number of unbranched alkanes of at least 4 members (excludes halogenated alkanes) is 1. The van der Waals surface area contributed by atoms with Gasteiger partial charge in [0, 0.05) is 12.5 Å². The van der Waals surface area contributed by atoms with Crippen LogP contribution in [0.5, 0.6) is 5.75 Å². The molecule has 266 valence electrons. The van der Waals surface area contributed by atoms with E-state index in [2.05, 4.69) is 122 Å². The van der Waals surface area contributed by atoms with Gasteiger partial charge in [0.15, 0.2) is 8.32 Å². The molecule has 0 saturated carbocycles. The number of rotatable bonds is 16. The highest BCUT2D eigenvalue weighted by atomic mass is 28.4. The molecule has 0 aromatic heterocycles. The Balaban J connectivity index is 1.80. The third-order valence-electron chi connectivity index (χ3n) is 9.43. The molecule has 0 aliphatic heterocycles. The maximum Gasteiger partial charge on any atom is 0.261 e. The topological polar surface area (TPSA) is 57.2 Å². The van der Waals surface area contributed by atoms with E-state index in [0.717, 1.165) is 24.2 Å². The Bertz CT molecular complexity index is 1440. The average molecular weight is 701 g/mol. The molecule has 0 radical (unpaired) electrons. The predicted octanol–water partition coefficient (Wildman–Crippen LogP) is 8.66. The molecular weight excluding hydrogens is 641 g/mol. The van der Waals surface area contributed by atoms with Crippen LogP contribution in [0, 0.1) is 11.8 Å². The molecule has 0 amide bonds. The molecule has 3 aromatic rings. The van der Waals surface area contributed by atoms with Crippen LogP contribution in [0.15, 0.2) is 97.1 Å². The summed E-state index contributed by atoms with van der Waals surface area (Å²) >= 11 is 0. The van der Waals surface area contributed by atoms with Crippen LogP contribution in [-0.2, 0) is 20.2 Å². The Morgan fingerprint density at radius 2 is 1.35 bits per heavy atom. The third-order valence-corrected chi connectivity index (χ3v) is 19.1. The number of aliphatic hydroxyl groups is 1. The standard InChI is InChI=1S/C42H60O5Si2/c1-34(46-48(9,10)41(2,3)4)20-14-11-15-21-36(43)28-31-38(33-45-32-35-26-29-37(44-8)30-27-35)47-49(42(5,6)7,39-22-16-12-17-23-39)40-24-18-13-19-25-40/h12-13,16-19,22-31,34,36,38,43H,11,14,20,32-33H2,1-10H3/b31-28-/t34-,36-,38-/m0/s1. The largest absolute Gasteiger partial charge is 0.497 e. The van der Waals surface area contributed by atoms with Crippen molar-refractivity contribution < 1.29 is 23.4 Å². The number of ether oxygens (including phenoxy) is 2. The lowest BCUT2D eigenvalue weighted by molar-refractivity contribution is 0.0564. The van der Waals surface area contributed by atoms with Crippen molar-refractivity contribution in [3.8, 4) is 17.6 Å². The Kier molecular flexibility index (Phi) is 15.1. The van der Waals surface area contributed by atoms with Gasteiger partial charge >= 0.3 is 0 Å². The molecule has 7 heteroatoms. The van der Waals surface area contributed by atoms with Gasteiger partial charge < -0.3 is 23.4 Å². The van der Waals surface area contributed by atoms with E-state index in [4.69, 9.17) is 18.3 Å². The van der Waals surface area contributed by atoms with E-state index in [9.17, 15) is 5.11 Å². The Morgan fingerprint density at radius 3 is 1.86 bits per heavy atom. The second-order valence-corrected chi connectivity index (χ2v) is 24.4. The first-order valence-electron chi connectivity index (χ1n) is 17.6. The molecule has 3 atom stereocenters. The van der Waals surface area contributed by atoms with Gasteiger partial charge in [-0.2, -0.15) is 0 Å². The van der Waals surface area contributed by atoms with E-state index in [1.54, 1.807) is 13.2 Å². The SMILES string of the molecule is COc1ccc(COC[C@H](/C=C\[C@@H](O)C#CCCC[C@H](C)O[Si](C)(C)C(C)(C)C)O[Si](c2ccccc2)(c2ccccc2)C(C)(C)C)cc1. The summed E-state index contributed by atoms with van der Waals surface area (Å²) in [6.07, 6.45) is 5.14. The Morgan fingerprint density at radius 1 is 0.776 bits per heavy atom. The number of hydrogen-bond donors (Lipinski definition) is 1. The molecule has 3 rings (SSSR count). The maximum absolute atomic E-state index is 10.9. The van der Waals surface area contributed by atoms with Crippen LogP contribution in [0.2, 0.25) is 23.2 Å². The van der Waals surface area contributed by atoms with Gasteiger partial charge in [-0.25, -0.2) is 0 Å². The van der Waals surface area contributed by atoms with Gasteiger partial charge in [0.2, 0.25) is 0 Å². The highest BCUT2D eigenvalue weighted by molar-refractivity contribution is 6.99. The van der Waals surface area contributed by atoms with E-state index < -0.39 is 28.8 Å². The van der Waals surface area contributed by atoms with E-state index in [1.165, 1.54) is 10.4 Å². The first-order valence-corrected chi connectivity index (χ1v) is 22.4. The summed E-state index contributed by atoms with van der Waals surface area (Å²) in [6, 6.07) is 29.0. The lowest BCUT2D eigenvalue weighted by Gasteiger charge is -2.44. The van der Waals surface area contributed by atoms with Crippen LogP contribution in [0.4, 0.5) is 0 Å². The van der Waals surface area contributed by atoms with Crippen molar-refractivity contribution in [2.45, 2.75) is 116 Å². The molecule has 0 spiro atoms. The maximum atomic E-state index is 10.9. The third kappa shape index (κ3) is 11.8. The molecular formula is C42H60O5Si2. The van der Waals surface area contributed by atoms with Gasteiger partial charge in [-0.3, -0.25) is 0 Å². The zero-order valence-electron chi connectivity index (χ0n) is 31.6. The van der Waals surface area contributed by atoms with Crippen molar-refractivity contribution in [1.29, 1.82) is 0 Å². The molecule has 0 heterocycles. The van der Waals surface area contributed by atoms with Crippen LogP contribution in [-0.4, -0.2) is 53.8 Å². The van der Waals surface area contributed by atoms with E-state index in [-0.39, 0.29) is 16.2 Å². The molecule has 1 N–H and O–H groups in total. The molecule has 0 aliphatic carbocycles. The van der Waals surface area contributed by atoms with Gasteiger partial charge in [0.05, 0.1) is 26.4 Å². The quantitative estimate of drug-likeness (QED) is 0.0702. The van der Waals surface area contributed by atoms with Crippen LogP contribution >= 0.6 is 0 Å².